The van der Waals surface area contributed by atoms with Gasteiger partial charge in [0.05, 0.1) is 13.2 Å². The number of hydrogen-bond acceptors (Lipinski definition) is 2. The van der Waals surface area contributed by atoms with Crippen molar-refractivity contribution in [3.05, 3.63) is 0 Å². The lowest BCUT2D eigenvalue weighted by Gasteiger charge is -2.49. The summed E-state index contributed by atoms with van der Waals surface area (Å²) in [6.45, 7) is 3.16. The van der Waals surface area contributed by atoms with E-state index in [1.807, 2.05) is 0 Å². The largest absolute Gasteiger partial charge is 0.380 e. The van der Waals surface area contributed by atoms with Gasteiger partial charge in [-0.2, -0.15) is 0 Å². The fraction of sp³-hybridized carbons (Fsp3) is 0.909. The highest BCUT2D eigenvalue weighted by molar-refractivity contribution is 5.61. The molecule has 0 bridgehead atoms. The Morgan fingerprint density at radius 3 is 2.15 bits per heavy atom. The molecule has 0 N–H and O–H groups in total. The van der Waals surface area contributed by atoms with Crippen molar-refractivity contribution in [2.24, 2.45) is 15.8 Å². The molecule has 2 heteroatoms. The van der Waals surface area contributed by atoms with Gasteiger partial charge in [0.25, 0.3) is 0 Å². The number of nitrogens with zero attached hydrogens (tertiary/aromatic N) is 1. The molecule has 0 aromatic carbocycles. The first-order valence-corrected chi connectivity index (χ1v) is 5.39. The van der Waals surface area contributed by atoms with Gasteiger partial charge in [-0.1, -0.05) is 0 Å². The van der Waals surface area contributed by atoms with Gasteiger partial charge in [0.1, 0.15) is 0 Å². The van der Waals surface area contributed by atoms with Gasteiger partial charge in [0.2, 0.25) is 0 Å². The first kappa shape index (κ1) is 7.98. The van der Waals surface area contributed by atoms with Crippen LogP contribution in [0.1, 0.15) is 32.1 Å². The summed E-state index contributed by atoms with van der Waals surface area (Å²) in [5.41, 5.74) is 1.19. The smallest absolute Gasteiger partial charge is 0.0544 e. The minimum absolute atomic E-state index is 0.584. The van der Waals surface area contributed by atoms with Crippen molar-refractivity contribution in [2.75, 3.05) is 19.8 Å². The molecule has 2 aliphatic heterocycles. The maximum absolute atomic E-state index is 5.34. The van der Waals surface area contributed by atoms with E-state index < -0.39 is 0 Å². The molecule has 1 aliphatic carbocycles. The van der Waals surface area contributed by atoms with Gasteiger partial charge in [0, 0.05) is 12.0 Å². The van der Waals surface area contributed by atoms with Gasteiger partial charge < -0.3 is 4.74 Å². The topological polar surface area (TPSA) is 21.6 Å². The highest BCUT2D eigenvalue weighted by Gasteiger charge is 2.47. The van der Waals surface area contributed by atoms with Gasteiger partial charge in [-0.3, -0.25) is 4.99 Å². The number of ether oxygens (including phenoxy) is 1. The summed E-state index contributed by atoms with van der Waals surface area (Å²) >= 11 is 0. The van der Waals surface area contributed by atoms with Crippen LogP contribution in [0.2, 0.25) is 0 Å². The van der Waals surface area contributed by atoms with Crippen molar-refractivity contribution >= 4 is 6.21 Å². The van der Waals surface area contributed by atoms with Gasteiger partial charge >= 0.3 is 0 Å². The Labute approximate surface area is 79.4 Å². The lowest BCUT2D eigenvalue weighted by molar-refractivity contribution is -0.143. The van der Waals surface area contributed by atoms with Crippen LogP contribution in [0.25, 0.3) is 0 Å². The summed E-state index contributed by atoms with van der Waals surface area (Å²) in [4.78, 5) is 4.40. The first-order chi connectivity index (χ1) is 6.33. The fourth-order valence-electron chi connectivity index (χ4n) is 2.93. The molecule has 3 aliphatic rings. The van der Waals surface area contributed by atoms with Crippen LogP contribution in [0.5, 0.6) is 0 Å². The summed E-state index contributed by atoms with van der Waals surface area (Å²) in [5, 5.41) is 0. The van der Waals surface area contributed by atoms with E-state index in [9.17, 15) is 0 Å². The highest BCUT2D eigenvalue weighted by Crippen LogP contribution is 2.51. The summed E-state index contributed by atoms with van der Waals surface area (Å²) in [7, 11) is 0. The molecule has 2 heterocycles. The van der Waals surface area contributed by atoms with Crippen molar-refractivity contribution < 1.29 is 4.74 Å². The molecule has 1 saturated carbocycles. The Morgan fingerprint density at radius 2 is 1.69 bits per heavy atom. The third-order valence-electron chi connectivity index (χ3n) is 4.27. The van der Waals surface area contributed by atoms with Crippen LogP contribution in [-0.2, 0) is 4.74 Å². The average molecular weight is 179 g/mol. The molecular formula is C11H17NO. The van der Waals surface area contributed by atoms with E-state index in [2.05, 4.69) is 11.2 Å². The lowest BCUT2D eigenvalue weighted by Crippen LogP contribution is -2.47. The third-order valence-corrected chi connectivity index (χ3v) is 4.27. The Bertz CT molecular complexity index is 222. The molecule has 1 saturated heterocycles. The summed E-state index contributed by atoms with van der Waals surface area (Å²) in [6.07, 6.45) is 8.92. The quantitative estimate of drug-likeness (QED) is 0.557. The molecule has 2 fully saturated rings. The van der Waals surface area contributed by atoms with E-state index in [0.29, 0.717) is 10.8 Å². The number of rotatable bonds is 0. The molecule has 0 unspecified atom stereocenters. The van der Waals surface area contributed by atoms with Gasteiger partial charge in [-0.05, 0) is 43.7 Å². The molecular weight excluding hydrogens is 162 g/mol. The maximum Gasteiger partial charge on any atom is 0.0544 e. The summed E-state index contributed by atoms with van der Waals surface area (Å²) in [5.74, 6) is 0. The minimum atomic E-state index is 0.584. The number of hydrogen-bond donors (Lipinski definition) is 0. The van der Waals surface area contributed by atoms with E-state index in [-0.39, 0.29) is 0 Å². The van der Waals surface area contributed by atoms with E-state index in [4.69, 9.17) is 4.74 Å². The number of aliphatic imine (C=N–C) groups is 1. The van der Waals surface area contributed by atoms with E-state index in [1.54, 1.807) is 0 Å². The van der Waals surface area contributed by atoms with Crippen LogP contribution in [0.4, 0.5) is 0 Å². The van der Waals surface area contributed by atoms with Crippen molar-refractivity contribution in [3.8, 4) is 0 Å². The SMILES string of the molecule is C1=NCC2(C1)CCC1(CC2)COC1. The van der Waals surface area contributed by atoms with Crippen LogP contribution in [0.15, 0.2) is 4.99 Å². The first-order valence-electron chi connectivity index (χ1n) is 5.39. The highest BCUT2D eigenvalue weighted by atomic mass is 16.5. The van der Waals surface area contributed by atoms with Crippen molar-refractivity contribution in [1.82, 2.24) is 0 Å². The standard InChI is InChI=1S/C11H17NO/c1-3-11(8-13-9-11)4-2-10(1)5-6-12-7-10/h6H,1-5,7-9H2. The molecule has 2 spiro atoms. The van der Waals surface area contributed by atoms with Crippen molar-refractivity contribution in [1.29, 1.82) is 0 Å². The second-order valence-electron chi connectivity index (χ2n) is 5.22. The van der Waals surface area contributed by atoms with Crippen molar-refractivity contribution in [2.45, 2.75) is 32.1 Å². The van der Waals surface area contributed by atoms with E-state index in [1.165, 1.54) is 32.1 Å². The van der Waals surface area contributed by atoms with E-state index in [0.717, 1.165) is 19.8 Å². The zero-order valence-electron chi connectivity index (χ0n) is 8.09. The molecule has 3 rings (SSSR count). The molecule has 0 aromatic heterocycles. The second-order valence-corrected chi connectivity index (χ2v) is 5.22. The van der Waals surface area contributed by atoms with Crippen LogP contribution in [-0.4, -0.2) is 26.0 Å². The maximum atomic E-state index is 5.34. The third kappa shape index (κ3) is 1.15. The van der Waals surface area contributed by atoms with Crippen LogP contribution >= 0.6 is 0 Å². The van der Waals surface area contributed by atoms with Gasteiger partial charge in [0.15, 0.2) is 0 Å². The van der Waals surface area contributed by atoms with Crippen LogP contribution in [0.3, 0.4) is 0 Å². The average Bonchev–Trinajstić information content (AvgIpc) is 2.53. The Balaban J connectivity index is 1.66. The van der Waals surface area contributed by atoms with Gasteiger partial charge in [-0.15, -0.1) is 0 Å². The Kier molecular flexibility index (Phi) is 1.58. The summed E-state index contributed by atoms with van der Waals surface area (Å²) < 4.78 is 5.34. The van der Waals surface area contributed by atoms with Gasteiger partial charge in [-0.25, -0.2) is 0 Å². The molecule has 0 aromatic rings. The molecule has 0 radical (unpaired) electrons. The zero-order valence-corrected chi connectivity index (χ0v) is 8.09. The second kappa shape index (κ2) is 2.57. The molecule has 72 valence electrons. The predicted molar refractivity (Wildman–Crippen MR) is 52.1 cm³/mol. The normalized spacial score (nSPS) is 33.8. The molecule has 13 heavy (non-hydrogen) atoms. The lowest BCUT2D eigenvalue weighted by atomic mass is 9.62. The zero-order chi connectivity index (χ0) is 8.78. The molecule has 0 atom stereocenters. The van der Waals surface area contributed by atoms with E-state index >= 15 is 0 Å². The monoisotopic (exact) mass is 179 g/mol. The summed E-state index contributed by atoms with van der Waals surface area (Å²) in [6, 6.07) is 0. The molecule has 2 nitrogen and oxygen atoms in total. The van der Waals surface area contributed by atoms with Crippen LogP contribution < -0.4 is 0 Å². The Morgan fingerprint density at radius 1 is 1.00 bits per heavy atom. The fourth-order valence-corrected chi connectivity index (χ4v) is 2.93. The Hall–Kier alpha value is -0.370. The van der Waals surface area contributed by atoms with Crippen LogP contribution in [0, 0.1) is 10.8 Å². The predicted octanol–water partition coefficient (Wildman–Crippen LogP) is 2.04. The minimum Gasteiger partial charge on any atom is -0.380 e. The van der Waals surface area contributed by atoms with Crippen molar-refractivity contribution in [3.63, 3.8) is 0 Å². The molecule has 0 amide bonds.